The SMILES string of the molecule is Cc1ccc(NC(=O)COC(=O)CCC(=O)Nc2nnc(C)s2)cc1. The molecule has 2 aromatic rings. The van der Waals surface area contributed by atoms with Crippen molar-refractivity contribution in [2.75, 3.05) is 17.2 Å². The second-order valence-corrected chi connectivity index (χ2v) is 6.43. The molecule has 8 nitrogen and oxygen atoms in total. The lowest BCUT2D eigenvalue weighted by Gasteiger charge is -2.07. The van der Waals surface area contributed by atoms with Crippen molar-refractivity contribution in [3.8, 4) is 0 Å². The number of aryl methyl sites for hydroxylation is 2. The number of anilines is 2. The molecule has 0 aliphatic heterocycles. The minimum atomic E-state index is -0.623. The Bertz CT molecular complexity index is 758. The van der Waals surface area contributed by atoms with Gasteiger partial charge in [0.15, 0.2) is 6.61 Å². The van der Waals surface area contributed by atoms with E-state index in [9.17, 15) is 14.4 Å². The molecule has 0 aliphatic carbocycles. The standard InChI is InChI=1S/C16H18N4O4S/c1-10-3-5-12(6-4-10)17-14(22)9-24-15(23)8-7-13(21)18-16-20-19-11(2)25-16/h3-6H,7-9H2,1-2H3,(H,17,22)(H,18,20,21). The first-order valence-corrected chi connectivity index (χ1v) is 8.36. The van der Waals surface area contributed by atoms with Crippen LogP contribution in [-0.4, -0.2) is 34.6 Å². The number of amides is 2. The molecule has 1 aromatic carbocycles. The molecule has 2 rings (SSSR count). The molecule has 0 fully saturated rings. The third-order valence-corrected chi connectivity index (χ3v) is 3.78. The molecule has 0 bridgehead atoms. The predicted octanol–water partition coefficient (Wildman–Crippen LogP) is 2.06. The zero-order chi connectivity index (χ0) is 18.2. The van der Waals surface area contributed by atoms with Gasteiger partial charge in [0.1, 0.15) is 5.01 Å². The summed E-state index contributed by atoms with van der Waals surface area (Å²) in [5.41, 5.74) is 1.70. The van der Waals surface area contributed by atoms with Gasteiger partial charge in [-0.2, -0.15) is 0 Å². The first-order valence-electron chi connectivity index (χ1n) is 7.54. The summed E-state index contributed by atoms with van der Waals surface area (Å²) in [4.78, 5) is 35.0. The maximum absolute atomic E-state index is 11.7. The number of ether oxygens (including phenoxy) is 1. The Morgan fingerprint density at radius 1 is 1.00 bits per heavy atom. The van der Waals surface area contributed by atoms with Gasteiger partial charge in [-0.25, -0.2) is 0 Å². The maximum Gasteiger partial charge on any atom is 0.306 e. The molecule has 2 N–H and O–H groups in total. The molecule has 0 saturated heterocycles. The van der Waals surface area contributed by atoms with Gasteiger partial charge in [0.25, 0.3) is 5.91 Å². The third kappa shape index (κ3) is 6.68. The normalized spacial score (nSPS) is 10.2. The topological polar surface area (TPSA) is 110 Å². The minimum absolute atomic E-state index is 0.0585. The first-order chi connectivity index (χ1) is 11.9. The van der Waals surface area contributed by atoms with Crippen LogP contribution in [0.1, 0.15) is 23.4 Å². The average Bonchev–Trinajstić information content (AvgIpc) is 2.98. The Morgan fingerprint density at radius 3 is 2.36 bits per heavy atom. The number of nitrogens with zero attached hydrogens (tertiary/aromatic N) is 2. The van der Waals surface area contributed by atoms with Gasteiger partial charge in [0, 0.05) is 12.1 Å². The lowest BCUT2D eigenvalue weighted by Crippen LogP contribution is -2.21. The predicted molar refractivity (Wildman–Crippen MR) is 93.3 cm³/mol. The Labute approximate surface area is 148 Å². The molecular formula is C16H18N4O4S. The van der Waals surface area contributed by atoms with E-state index in [2.05, 4.69) is 20.8 Å². The van der Waals surface area contributed by atoms with Crippen LogP contribution in [0.15, 0.2) is 24.3 Å². The van der Waals surface area contributed by atoms with Gasteiger partial charge >= 0.3 is 5.97 Å². The van der Waals surface area contributed by atoms with Crippen LogP contribution >= 0.6 is 11.3 Å². The van der Waals surface area contributed by atoms with Crippen molar-refractivity contribution in [3.63, 3.8) is 0 Å². The van der Waals surface area contributed by atoms with E-state index in [1.165, 1.54) is 11.3 Å². The molecule has 132 valence electrons. The smallest absolute Gasteiger partial charge is 0.306 e. The molecule has 9 heteroatoms. The molecule has 2 amide bonds. The van der Waals surface area contributed by atoms with Crippen molar-refractivity contribution in [3.05, 3.63) is 34.8 Å². The van der Waals surface area contributed by atoms with E-state index < -0.39 is 18.5 Å². The van der Waals surface area contributed by atoms with Gasteiger partial charge in [-0.1, -0.05) is 29.0 Å². The van der Waals surface area contributed by atoms with E-state index in [4.69, 9.17) is 4.74 Å². The Morgan fingerprint density at radius 2 is 1.72 bits per heavy atom. The Balaban J connectivity index is 1.65. The summed E-state index contributed by atoms with van der Waals surface area (Å²) in [6.45, 7) is 3.31. The molecule has 1 aromatic heterocycles. The van der Waals surface area contributed by atoms with E-state index in [-0.39, 0.29) is 18.7 Å². The van der Waals surface area contributed by atoms with Gasteiger partial charge < -0.3 is 15.4 Å². The molecular weight excluding hydrogens is 344 g/mol. The van der Waals surface area contributed by atoms with Crippen molar-refractivity contribution >= 4 is 39.9 Å². The van der Waals surface area contributed by atoms with Crippen molar-refractivity contribution in [1.82, 2.24) is 10.2 Å². The van der Waals surface area contributed by atoms with Crippen molar-refractivity contribution in [1.29, 1.82) is 0 Å². The third-order valence-electron chi connectivity index (χ3n) is 3.03. The number of hydrogen-bond acceptors (Lipinski definition) is 7. The zero-order valence-corrected chi connectivity index (χ0v) is 14.7. The monoisotopic (exact) mass is 362 g/mol. The van der Waals surface area contributed by atoms with Crippen LogP contribution in [0.3, 0.4) is 0 Å². The fraction of sp³-hybridized carbons (Fsp3) is 0.312. The number of esters is 1. The average molecular weight is 362 g/mol. The Kier molecular flexibility index (Phi) is 6.58. The van der Waals surface area contributed by atoms with E-state index in [0.717, 1.165) is 10.6 Å². The second kappa shape index (κ2) is 8.88. The van der Waals surface area contributed by atoms with Crippen LogP contribution in [0.25, 0.3) is 0 Å². The van der Waals surface area contributed by atoms with E-state index in [1.807, 2.05) is 19.1 Å². The second-order valence-electron chi connectivity index (χ2n) is 5.25. The summed E-state index contributed by atoms with van der Waals surface area (Å²) >= 11 is 1.24. The number of benzene rings is 1. The summed E-state index contributed by atoms with van der Waals surface area (Å²) in [6, 6.07) is 7.24. The molecule has 0 aliphatic rings. The van der Waals surface area contributed by atoms with Gasteiger partial charge in [0.2, 0.25) is 11.0 Å². The number of hydrogen-bond donors (Lipinski definition) is 2. The van der Waals surface area contributed by atoms with Gasteiger partial charge in [-0.05, 0) is 26.0 Å². The lowest BCUT2D eigenvalue weighted by atomic mass is 10.2. The van der Waals surface area contributed by atoms with E-state index >= 15 is 0 Å². The fourth-order valence-electron chi connectivity index (χ4n) is 1.80. The largest absolute Gasteiger partial charge is 0.456 e. The molecule has 0 radical (unpaired) electrons. The lowest BCUT2D eigenvalue weighted by molar-refractivity contribution is -0.147. The zero-order valence-electron chi connectivity index (χ0n) is 13.9. The highest BCUT2D eigenvalue weighted by atomic mass is 32.1. The van der Waals surface area contributed by atoms with E-state index in [0.29, 0.717) is 10.8 Å². The summed E-state index contributed by atoms with van der Waals surface area (Å²) in [7, 11) is 0. The summed E-state index contributed by atoms with van der Waals surface area (Å²) < 4.78 is 4.85. The van der Waals surface area contributed by atoms with Gasteiger partial charge in [-0.15, -0.1) is 10.2 Å². The molecule has 25 heavy (non-hydrogen) atoms. The van der Waals surface area contributed by atoms with Crippen LogP contribution in [0.2, 0.25) is 0 Å². The van der Waals surface area contributed by atoms with Crippen molar-refractivity contribution < 1.29 is 19.1 Å². The molecule has 0 unspecified atom stereocenters. The molecule has 0 saturated carbocycles. The van der Waals surface area contributed by atoms with Crippen molar-refractivity contribution in [2.45, 2.75) is 26.7 Å². The maximum atomic E-state index is 11.7. The number of nitrogens with one attached hydrogen (secondary N) is 2. The molecule has 1 heterocycles. The van der Waals surface area contributed by atoms with Gasteiger partial charge in [0.05, 0.1) is 6.42 Å². The van der Waals surface area contributed by atoms with E-state index in [1.54, 1.807) is 19.1 Å². The van der Waals surface area contributed by atoms with Crippen LogP contribution in [-0.2, 0) is 19.1 Å². The Hall–Kier alpha value is -2.81. The van der Waals surface area contributed by atoms with Crippen LogP contribution < -0.4 is 10.6 Å². The molecule has 0 spiro atoms. The summed E-state index contributed by atoms with van der Waals surface area (Å²) in [5.74, 6) is -1.43. The van der Waals surface area contributed by atoms with Crippen LogP contribution in [0, 0.1) is 13.8 Å². The highest BCUT2D eigenvalue weighted by Crippen LogP contribution is 2.14. The fourth-order valence-corrected chi connectivity index (χ4v) is 2.40. The highest BCUT2D eigenvalue weighted by Gasteiger charge is 2.12. The number of carbonyl (C=O) groups excluding carboxylic acids is 3. The number of rotatable bonds is 7. The molecule has 0 atom stereocenters. The minimum Gasteiger partial charge on any atom is -0.456 e. The quantitative estimate of drug-likeness (QED) is 0.730. The first kappa shape index (κ1) is 18.5. The summed E-state index contributed by atoms with van der Waals surface area (Å²) in [5, 5.41) is 13.8. The van der Waals surface area contributed by atoms with Crippen LogP contribution in [0.5, 0.6) is 0 Å². The highest BCUT2D eigenvalue weighted by molar-refractivity contribution is 7.15. The van der Waals surface area contributed by atoms with Crippen molar-refractivity contribution in [2.24, 2.45) is 0 Å². The number of aromatic nitrogens is 2. The number of carbonyl (C=O) groups is 3. The van der Waals surface area contributed by atoms with Gasteiger partial charge in [-0.3, -0.25) is 14.4 Å². The van der Waals surface area contributed by atoms with Crippen LogP contribution in [0.4, 0.5) is 10.8 Å². The summed E-state index contributed by atoms with van der Waals surface area (Å²) in [6.07, 6.45) is -0.182.